The highest BCUT2D eigenvalue weighted by Gasteiger charge is 2.61. The summed E-state index contributed by atoms with van der Waals surface area (Å²) in [4.78, 5) is 10.7. The molecule has 2 atom stereocenters. The van der Waals surface area contributed by atoms with Gasteiger partial charge in [0.1, 0.15) is 11.1 Å². The Balaban J connectivity index is 2.79. The molecule has 1 saturated carbocycles. The van der Waals surface area contributed by atoms with Crippen LogP contribution in [0.2, 0.25) is 0 Å². The van der Waals surface area contributed by atoms with Crippen molar-refractivity contribution in [2.45, 2.75) is 13.8 Å². The molecular formula is C9H10ClNO2. The van der Waals surface area contributed by atoms with Crippen molar-refractivity contribution >= 4 is 17.6 Å². The Morgan fingerprint density at radius 1 is 1.69 bits per heavy atom. The van der Waals surface area contributed by atoms with E-state index in [2.05, 4.69) is 0 Å². The van der Waals surface area contributed by atoms with Gasteiger partial charge in [0.15, 0.2) is 0 Å². The van der Waals surface area contributed by atoms with E-state index in [-0.39, 0.29) is 16.4 Å². The van der Waals surface area contributed by atoms with E-state index >= 15 is 0 Å². The van der Waals surface area contributed by atoms with E-state index in [1.165, 1.54) is 6.08 Å². The number of carboxylic acids is 1. The first-order valence-electron chi connectivity index (χ1n) is 3.91. The molecule has 0 heterocycles. The van der Waals surface area contributed by atoms with Crippen LogP contribution in [0.5, 0.6) is 0 Å². The van der Waals surface area contributed by atoms with Crippen LogP contribution in [0.1, 0.15) is 13.8 Å². The van der Waals surface area contributed by atoms with Crippen LogP contribution in [0, 0.1) is 28.6 Å². The first kappa shape index (κ1) is 10.1. The summed E-state index contributed by atoms with van der Waals surface area (Å²) in [6, 6.07) is 1.77. The van der Waals surface area contributed by atoms with E-state index in [4.69, 9.17) is 22.0 Å². The quantitative estimate of drug-likeness (QED) is 0.692. The largest absolute Gasteiger partial charge is 0.481 e. The average molecular weight is 200 g/mol. The second kappa shape index (κ2) is 3.04. The third-order valence-electron chi connectivity index (χ3n) is 2.61. The van der Waals surface area contributed by atoms with E-state index in [9.17, 15) is 4.79 Å². The van der Waals surface area contributed by atoms with E-state index < -0.39 is 11.9 Å². The standard InChI is InChI=1S/C9H10ClNO2/c1-9(2)6(3-5(10)4-11)7(9)8(12)13/h3,6-7H,1-2H3,(H,12,13)/b5-3+. The van der Waals surface area contributed by atoms with Gasteiger partial charge in [-0.2, -0.15) is 5.26 Å². The molecule has 1 N–H and O–H groups in total. The molecule has 0 saturated heterocycles. The van der Waals surface area contributed by atoms with Crippen LogP contribution in [0.15, 0.2) is 11.1 Å². The number of nitrogens with zero attached hydrogens (tertiary/aromatic N) is 1. The summed E-state index contributed by atoms with van der Waals surface area (Å²) in [5.41, 5.74) is -0.275. The molecule has 4 heteroatoms. The van der Waals surface area contributed by atoms with Crippen LogP contribution in [0.25, 0.3) is 0 Å². The number of hydrogen-bond donors (Lipinski definition) is 1. The predicted octanol–water partition coefficient (Wildman–Crippen LogP) is 1.99. The highest BCUT2D eigenvalue weighted by Crippen LogP contribution is 2.59. The Hall–Kier alpha value is -1.01. The highest BCUT2D eigenvalue weighted by molar-refractivity contribution is 6.31. The van der Waals surface area contributed by atoms with Gasteiger partial charge >= 0.3 is 5.97 Å². The molecule has 0 aliphatic heterocycles. The van der Waals surface area contributed by atoms with Gasteiger partial charge in [0.2, 0.25) is 0 Å². The van der Waals surface area contributed by atoms with Crippen molar-refractivity contribution in [3.05, 3.63) is 11.1 Å². The molecule has 0 spiro atoms. The zero-order chi connectivity index (χ0) is 10.2. The Morgan fingerprint density at radius 2 is 2.23 bits per heavy atom. The minimum absolute atomic E-state index is 0.0711. The average Bonchev–Trinajstić information content (AvgIpc) is 2.53. The first-order valence-corrected chi connectivity index (χ1v) is 4.29. The van der Waals surface area contributed by atoms with Gasteiger partial charge in [-0.3, -0.25) is 4.79 Å². The number of halogens is 1. The molecule has 0 aromatic rings. The number of rotatable bonds is 2. The lowest BCUT2D eigenvalue weighted by molar-refractivity contribution is -0.139. The SMILES string of the molecule is CC1(C)C(/C=C(/Cl)C#N)C1C(=O)O. The fraction of sp³-hybridized carbons (Fsp3) is 0.556. The fourth-order valence-corrected chi connectivity index (χ4v) is 1.79. The predicted molar refractivity (Wildman–Crippen MR) is 47.9 cm³/mol. The number of nitriles is 1. The molecule has 1 aliphatic carbocycles. The Bertz CT molecular complexity index is 314. The maximum atomic E-state index is 10.7. The second-order valence-electron chi connectivity index (χ2n) is 3.79. The minimum atomic E-state index is -0.825. The van der Waals surface area contributed by atoms with Gasteiger partial charge in [-0.05, 0) is 11.3 Å². The fourth-order valence-electron chi connectivity index (χ4n) is 1.66. The van der Waals surface area contributed by atoms with Crippen LogP contribution < -0.4 is 0 Å². The molecule has 1 aliphatic rings. The molecular weight excluding hydrogens is 190 g/mol. The lowest BCUT2D eigenvalue weighted by Gasteiger charge is -1.96. The Labute approximate surface area is 81.6 Å². The normalized spacial score (nSPS) is 30.8. The molecule has 2 unspecified atom stereocenters. The van der Waals surface area contributed by atoms with Gasteiger partial charge in [-0.1, -0.05) is 31.5 Å². The molecule has 70 valence electrons. The summed E-state index contributed by atoms with van der Waals surface area (Å²) in [6.45, 7) is 3.71. The molecule has 13 heavy (non-hydrogen) atoms. The Morgan fingerprint density at radius 3 is 2.54 bits per heavy atom. The van der Waals surface area contributed by atoms with Crippen molar-refractivity contribution in [1.29, 1.82) is 5.26 Å². The van der Waals surface area contributed by atoms with E-state index in [0.717, 1.165) is 0 Å². The summed E-state index contributed by atoms with van der Waals surface area (Å²) in [7, 11) is 0. The van der Waals surface area contributed by atoms with Gasteiger partial charge < -0.3 is 5.11 Å². The number of aliphatic carboxylic acids is 1. The van der Waals surface area contributed by atoms with Crippen LogP contribution >= 0.6 is 11.6 Å². The summed E-state index contributed by atoms with van der Waals surface area (Å²) in [6.07, 6.45) is 1.53. The lowest BCUT2D eigenvalue weighted by atomic mass is 10.1. The number of allylic oxidation sites excluding steroid dienone is 2. The maximum absolute atomic E-state index is 10.7. The number of carbonyl (C=O) groups is 1. The van der Waals surface area contributed by atoms with E-state index in [0.29, 0.717) is 0 Å². The number of hydrogen-bond acceptors (Lipinski definition) is 2. The molecule has 1 fully saturated rings. The van der Waals surface area contributed by atoms with E-state index in [1.807, 2.05) is 13.8 Å². The second-order valence-corrected chi connectivity index (χ2v) is 4.20. The van der Waals surface area contributed by atoms with Gasteiger partial charge in [-0.25, -0.2) is 0 Å². The van der Waals surface area contributed by atoms with Crippen molar-refractivity contribution in [2.24, 2.45) is 17.3 Å². The third kappa shape index (κ3) is 1.68. The van der Waals surface area contributed by atoms with Gasteiger partial charge in [0.05, 0.1) is 5.92 Å². The molecule has 0 aromatic carbocycles. The van der Waals surface area contributed by atoms with Gasteiger partial charge in [-0.15, -0.1) is 0 Å². The molecule has 0 radical (unpaired) electrons. The van der Waals surface area contributed by atoms with E-state index in [1.54, 1.807) is 6.07 Å². The zero-order valence-electron chi connectivity index (χ0n) is 7.41. The molecule has 1 rings (SSSR count). The van der Waals surface area contributed by atoms with Crippen LogP contribution in [0.3, 0.4) is 0 Å². The monoisotopic (exact) mass is 199 g/mol. The third-order valence-corrected chi connectivity index (χ3v) is 2.82. The van der Waals surface area contributed by atoms with Gasteiger partial charge in [0.25, 0.3) is 0 Å². The van der Waals surface area contributed by atoms with Crippen molar-refractivity contribution < 1.29 is 9.90 Å². The molecule has 3 nitrogen and oxygen atoms in total. The minimum Gasteiger partial charge on any atom is -0.481 e. The van der Waals surface area contributed by atoms with Crippen molar-refractivity contribution in [2.75, 3.05) is 0 Å². The first-order chi connectivity index (χ1) is 5.91. The molecule has 0 bridgehead atoms. The van der Waals surface area contributed by atoms with Gasteiger partial charge in [0, 0.05) is 0 Å². The van der Waals surface area contributed by atoms with Crippen LogP contribution in [-0.4, -0.2) is 11.1 Å². The van der Waals surface area contributed by atoms with Crippen LogP contribution in [-0.2, 0) is 4.79 Å². The van der Waals surface area contributed by atoms with Crippen molar-refractivity contribution in [1.82, 2.24) is 0 Å². The summed E-state index contributed by atoms with van der Waals surface area (Å²) < 4.78 is 0. The molecule has 0 aromatic heterocycles. The van der Waals surface area contributed by atoms with Crippen molar-refractivity contribution in [3.63, 3.8) is 0 Å². The maximum Gasteiger partial charge on any atom is 0.307 e. The lowest BCUT2D eigenvalue weighted by Crippen LogP contribution is -2.02. The summed E-state index contributed by atoms with van der Waals surface area (Å²) in [5.74, 6) is -1.35. The smallest absolute Gasteiger partial charge is 0.307 e. The topological polar surface area (TPSA) is 61.1 Å². The van der Waals surface area contributed by atoms with Crippen molar-refractivity contribution in [3.8, 4) is 6.07 Å². The number of carboxylic acid groups (broad SMARTS) is 1. The van der Waals surface area contributed by atoms with Crippen LogP contribution in [0.4, 0.5) is 0 Å². The summed E-state index contributed by atoms with van der Waals surface area (Å²) >= 11 is 5.50. The molecule has 0 amide bonds. The zero-order valence-corrected chi connectivity index (χ0v) is 8.17. The summed E-state index contributed by atoms with van der Waals surface area (Å²) in [5, 5.41) is 17.3. The highest BCUT2D eigenvalue weighted by atomic mass is 35.5. The Kier molecular flexibility index (Phi) is 2.36.